The van der Waals surface area contributed by atoms with Crippen LogP contribution in [0, 0.1) is 6.92 Å². The molecule has 0 unspecified atom stereocenters. The Morgan fingerprint density at radius 1 is 1.18 bits per heavy atom. The van der Waals surface area contributed by atoms with Gasteiger partial charge in [-0.1, -0.05) is 24.3 Å². The van der Waals surface area contributed by atoms with Crippen LogP contribution in [0.1, 0.15) is 24.5 Å². The van der Waals surface area contributed by atoms with E-state index in [1.807, 2.05) is 12.1 Å². The number of hydrogen-bond acceptors (Lipinski definition) is 3. The van der Waals surface area contributed by atoms with Crippen LogP contribution in [0.5, 0.6) is 0 Å². The van der Waals surface area contributed by atoms with Gasteiger partial charge in [-0.25, -0.2) is 13.1 Å². The predicted octanol–water partition coefficient (Wildman–Crippen LogP) is 0.989. The lowest BCUT2D eigenvalue weighted by Gasteiger charge is -2.13. The normalized spacial score (nSPS) is 12.2. The molecule has 0 spiro atoms. The lowest BCUT2D eigenvalue weighted by atomic mass is 10.1. The van der Waals surface area contributed by atoms with Crippen LogP contribution in [-0.4, -0.2) is 40.3 Å². The first kappa shape index (κ1) is 18.4. The van der Waals surface area contributed by atoms with E-state index in [-0.39, 0.29) is 5.75 Å². The maximum atomic E-state index is 11.3. The summed E-state index contributed by atoms with van der Waals surface area (Å²) < 4.78 is 25.1. The van der Waals surface area contributed by atoms with Crippen molar-refractivity contribution >= 4 is 16.0 Å². The molecule has 0 fully saturated rings. The molecule has 1 rings (SSSR count). The highest BCUT2D eigenvalue weighted by atomic mass is 32.2. The number of guanidine groups is 1. The van der Waals surface area contributed by atoms with Crippen LogP contribution in [0.2, 0.25) is 0 Å². The first-order chi connectivity index (χ1) is 10.5. The van der Waals surface area contributed by atoms with E-state index in [9.17, 15) is 8.42 Å². The third-order valence-electron chi connectivity index (χ3n) is 3.28. The average Bonchev–Trinajstić information content (AvgIpc) is 2.51. The van der Waals surface area contributed by atoms with Crippen molar-refractivity contribution in [1.82, 2.24) is 15.4 Å². The van der Waals surface area contributed by atoms with Gasteiger partial charge in [0.25, 0.3) is 0 Å². The first-order valence-electron chi connectivity index (χ1n) is 7.45. The van der Waals surface area contributed by atoms with Crippen molar-refractivity contribution in [3.63, 3.8) is 0 Å². The number of rotatable bonds is 8. The van der Waals surface area contributed by atoms with Crippen LogP contribution < -0.4 is 15.4 Å². The molecule has 3 N–H and O–H groups in total. The van der Waals surface area contributed by atoms with Gasteiger partial charge >= 0.3 is 0 Å². The fraction of sp³-hybridized carbons (Fsp3) is 0.533. The lowest BCUT2D eigenvalue weighted by molar-refractivity contribution is 0.579. The van der Waals surface area contributed by atoms with Gasteiger partial charge in [0.2, 0.25) is 10.0 Å². The Labute approximate surface area is 133 Å². The average molecular weight is 326 g/mol. The zero-order valence-corrected chi connectivity index (χ0v) is 14.3. The molecule has 6 nitrogen and oxygen atoms in total. The van der Waals surface area contributed by atoms with E-state index in [2.05, 4.69) is 39.4 Å². The summed E-state index contributed by atoms with van der Waals surface area (Å²) in [5.41, 5.74) is 2.46. The molecular weight excluding hydrogens is 300 g/mol. The highest BCUT2D eigenvalue weighted by molar-refractivity contribution is 7.89. The maximum Gasteiger partial charge on any atom is 0.211 e. The number of aryl methyl sites for hydroxylation is 1. The van der Waals surface area contributed by atoms with Crippen molar-refractivity contribution in [3.05, 3.63) is 35.4 Å². The maximum absolute atomic E-state index is 11.3. The van der Waals surface area contributed by atoms with E-state index >= 15 is 0 Å². The molecule has 22 heavy (non-hydrogen) atoms. The number of aliphatic imine (C=N–C) groups is 1. The van der Waals surface area contributed by atoms with Gasteiger partial charge in [0.1, 0.15) is 0 Å². The van der Waals surface area contributed by atoms with Crippen molar-refractivity contribution in [3.8, 4) is 0 Å². The molecule has 0 aliphatic heterocycles. The molecule has 1 aromatic carbocycles. The minimum Gasteiger partial charge on any atom is -0.356 e. The van der Waals surface area contributed by atoms with Crippen LogP contribution >= 0.6 is 0 Å². The predicted molar refractivity (Wildman–Crippen MR) is 91.5 cm³/mol. The second-order valence-electron chi connectivity index (χ2n) is 4.93. The molecule has 0 aliphatic carbocycles. The smallest absolute Gasteiger partial charge is 0.211 e. The number of benzene rings is 1. The van der Waals surface area contributed by atoms with E-state index in [0.717, 1.165) is 0 Å². The summed E-state index contributed by atoms with van der Waals surface area (Å²) in [5, 5.41) is 6.41. The van der Waals surface area contributed by atoms with Gasteiger partial charge in [0.15, 0.2) is 5.96 Å². The van der Waals surface area contributed by atoms with Crippen molar-refractivity contribution < 1.29 is 8.42 Å². The number of sulfonamides is 1. The Kier molecular flexibility index (Phi) is 7.90. The second-order valence-corrected chi connectivity index (χ2v) is 7.03. The zero-order chi connectivity index (χ0) is 16.4. The van der Waals surface area contributed by atoms with E-state index < -0.39 is 10.0 Å². The SMILES string of the molecule is CCS(=O)(=O)NCCCNC(=NC)NCc1ccccc1C. The fourth-order valence-electron chi connectivity index (χ4n) is 1.83. The monoisotopic (exact) mass is 326 g/mol. The number of nitrogens with one attached hydrogen (secondary N) is 3. The van der Waals surface area contributed by atoms with Crippen molar-refractivity contribution in [1.29, 1.82) is 0 Å². The first-order valence-corrected chi connectivity index (χ1v) is 9.10. The summed E-state index contributed by atoms with van der Waals surface area (Å²) in [6, 6.07) is 8.19. The molecule has 0 heterocycles. The highest BCUT2D eigenvalue weighted by Crippen LogP contribution is 2.05. The van der Waals surface area contributed by atoms with E-state index in [1.54, 1.807) is 14.0 Å². The van der Waals surface area contributed by atoms with E-state index in [1.165, 1.54) is 11.1 Å². The van der Waals surface area contributed by atoms with Crippen LogP contribution in [0.15, 0.2) is 29.3 Å². The Balaban J connectivity index is 2.28. The van der Waals surface area contributed by atoms with Gasteiger partial charge in [-0.3, -0.25) is 4.99 Å². The summed E-state index contributed by atoms with van der Waals surface area (Å²) >= 11 is 0. The van der Waals surface area contributed by atoms with Gasteiger partial charge in [-0.05, 0) is 31.4 Å². The van der Waals surface area contributed by atoms with Crippen molar-refractivity contribution in [2.24, 2.45) is 4.99 Å². The molecule has 0 bridgehead atoms. The molecule has 1 aromatic rings. The zero-order valence-electron chi connectivity index (χ0n) is 13.5. The van der Waals surface area contributed by atoms with Gasteiger partial charge in [-0.2, -0.15) is 0 Å². The Bertz CT molecular complexity index is 585. The van der Waals surface area contributed by atoms with Crippen LogP contribution in [0.4, 0.5) is 0 Å². The second kappa shape index (κ2) is 9.42. The fourth-order valence-corrected chi connectivity index (χ4v) is 2.49. The molecule has 124 valence electrons. The summed E-state index contributed by atoms with van der Waals surface area (Å²) in [6.07, 6.45) is 0.699. The van der Waals surface area contributed by atoms with Crippen molar-refractivity contribution in [2.75, 3.05) is 25.9 Å². The molecule has 0 aliphatic rings. The molecule has 0 amide bonds. The van der Waals surface area contributed by atoms with E-state index in [4.69, 9.17) is 0 Å². The lowest BCUT2D eigenvalue weighted by Crippen LogP contribution is -2.38. The Morgan fingerprint density at radius 3 is 2.55 bits per heavy atom. The van der Waals surface area contributed by atoms with Gasteiger partial charge in [0.05, 0.1) is 5.75 Å². The van der Waals surface area contributed by atoms with Crippen LogP contribution in [-0.2, 0) is 16.6 Å². The third-order valence-corrected chi connectivity index (χ3v) is 4.68. The minimum atomic E-state index is -3.10. The molecule has 0 atom stereocenters. The van der Waals surface area contributed by atoms with Crippen LogP contribution in [0.25, 0.3) is 0 Å². The summed E-state index contributed by atoms with van der Waals surface area (Å²) in [7, 11) is -1.39. The summed E-state index contributed by atoms with van der Waals surface area (Å²) in [5.74, 6) is 0.821. The summed E-state index contributed by atoms with van der Waals surface area (Å²) in [6.45, 7) is 5.48. The molecule has 0 aromatic heterocycles. The minimum absolute atomic E-state index is 0.111. The summed E-state index contributed by atoms with van der Waals surface area (Å²) in [4.78, 5) is 4.15. The molecule has 0 radical (unpaired) electrons. The Morgan fingerprint density at radius 2 is 1.91 bits per heavy atom. The standard InChI is InChI=1S/C15H26N4O2S/c1-4-22(20,21)19-11-7-10-17-15(16-3)18-12-14-9-6-5-8-13(14)2/h5-6,8-9,19H,4,7,10-12H2,1-3H3,(H2,16,17,18). The number of nitrogens with zero attached hydrogens (tertiary/aromatic N) is 1. The molecular formula is C15H26N4O2S. The molecule has 0 saturated heterocycles. The quantitative estimate of drug-likeness (QED) is 0.378. The van der Waals surface area contributed by atoms with E-state index in [0.29, 0.717) is 32.0 Å². The van der Waals surface area contributed by atoms with Crippen LogP contribution in [0.3, 0.4) is 0 Å². The van der Waals surface area contributed by atoms with Gasteiger partial charge in [0, 0.05) is 26.7 Å². The number of hydrogen-bond donors (Lipinski definition) is 3. The largest absolute Gasteiger partial charge is 0.356 e. The van der Waals surface area contributed by atoms with Crippen molar-refractivity contribution in [2.45, 2.75) is 26.8 Å². The Hall–Kier alpha value is -1.60. The van der Waals surface area contributed by atoms with Gasteiger partial charge < -0.3 is 10.6 Å². The van der Waals surface area contributed by atoms with Gasteiger partial charge in [-0.15, -0.1) is 0 Å². The molecule has 7 heteroatoms. The highest BCUT2D eigenvalue weighted by Gasteiger charge is 2.04. The molecule has 0 saturated carbocycles. The topological polar surface area (TPSA) is 82.6 Å². The third kappa shape index (κ3) is 6.91.